The van der Waals surface area contributed by atoms with E-state index in [1.807, 2.05) is 4.72 Å². The molecule has 2 N–H and O–H groups in total. The quantitative estimate of drug-likeness (QED) is 0.278. The third-order valence-electron chi connectivity index (χ3n) is 6.55. The molecule has 0 bridgehead atoms. The Morgan fingerprint density at radius 3 is 2.36 bits per heavy atom. The largest absolute Gasteiger partial charge is 0.489 e. The fourth-order valence-electron chi connectivity index (χ4n) is 4.42. The van der Waals surface area contributed by atoms with Crippen molar-refractivity contribution in [1.29, 1.82) is 0 Å². The van der Waals surface area contributed by atoms with E-state index in [4.69, 9.17) is 37.4 Å². The van der Waals surface area contributed by atoms with Crippen molar-refractivity contribution in [1.82, 2.24) is 19.7 Å². The molecule has 1 aliphatic heterocycles. The van der Waals surface area contributed by atoms with Gasteiger partial charge in [0.1, 0.15) is 22.3 Å². The van der Waals surface area contributed by atoms with Crippen molar-refractivity contribution in [3.8, 4) is 11.8 Å². The molecule has 14 nitrogen and oxygen atoms in total. The zero-order valence-electron chi connectivity index (χ0n) is 25.5. The first kappa shape index (κ1) is 35.3. The van der Waals surface area contributed by atoms with Crippen LogP contribution in [-0.4, -0.2) is 54.6 Å². The molecule has 1 saturated carbocycles. The first-order chi connectivity index (χ1) is 22.2. The Bertz CT molecular complexity index is 1850. The number of aromatic nitrogens is 3. The lowest BCUT2D eigenvalue weighted by Crippen LogP contribution is -2.35. The minimum absolute atomic E-state index is 0.00882. The average molecular weight is 712 g/mol. The fraction of sp³-hybridized carbons (Fsp3) is 0.310. The van der Waals surface area contributed by atoms with Crippen LogP contribution in [0.1, 0.15) is 45.4 Å². The molecule has 5 rings (SSSR count). The highest BCUT2D eigenvalue weighted by atomic mass is 35.5. The van der Waals surface area contributed by atoms with Gasteiger partial charge >= 0.3 is 24.0 Å². The highest BCUT2D eigenvalue weighted by Gasteiger charge is 2.40. The van der Waals surface area contributed by atoms with Gasteiger partial charge in [0.05, 0.1) is 28.9 Å². The molecule has 2 heterocycles. The molecule has 3 aromatic rings. The molecule has 2 fully saturated rings. The second kappa shape index (κ2) is 14.9. The Labute approximate surface area is 279 Å². The molecule has 0 radical (unpaired) electrons. The van der Waals surface area contributed by atoms with Gasteiger partial charge in [-0.05, 0) is 70.2 Å². The van der Waals surface area contributed by atoms with E-state index in [1.165, 1.54) is 31.4 Å². The lowest BCUT2D eigenvalue weighted by molar-refractivity contribution is -0.114. The van der Waals surface area contributed by atoms with Crippen LogP contribution < -0.4 is 24.4 Å². The summed E-state index contributed by atoms with van der Waals surface area (Å²) < 4.78 is 55.9. The van der Waals surface area contributed by atoms with E-state index in [1.54, 1.807) is 26.8 Å². The number of methoxy groups -OCH3 is 1. The maximum absolute atomic E-state index is 14.3. The van der Waals surface area contributed by atoms with Crippen LogP contribution in [-0.2, 0) is 19.6 Å². The Kier molecular flexibility index (Phi) is 11.2. The third kappa shape index (κ3) is 8.64. The molecule has 0 atom stereocenters. The number of cyclic esters (lactones) is 1. The summed E-state index contributed by atoms with van der Waals surface area (Å²) in [4.78, 5) is 48.1. The molecule has 1 aliphatic carbocycles. The number of anilines is 2. The number of nitrogens with zero attached hydrogens (tertiary/aromatic N) is 4. The van der Waals surface area contributed by atoms with Gasteiger partial charge in [-0.2, -0.15) is 15.0 Å². The molecular formula is C29H29Cl2FN6O8S. The van der Waals surface area contributed by atoms with Crippen molar-refractivity contribution >= 4 is 62.9 Å². The number of aryl methyl sites for hydroxylation is 1. The number of imide groups is 1. The fourth-order valence-corrected chi connectivity index (χ4v) is 6.04. The number of allylic oxidation sites excluding steroid dienone is 1. The SMILES string of the molecule is CC(C)=C1OC(=O)N(c2cc(OC3CCCC3)c(Cl)cc2F)C1=O.COc1nc(C)nc(NC(=O)NS(=O)(=O)c2ccccc2Cl)n1. The van der Waals surface area contributed by atoms with Gasteiger partial charge in [-0.1, -0.05) is 35.3 Å². The van der Waals surface area contributed by atoms with E-state index in [2.05, 4.69) is 20.3 Å². The molecule has 0 unspecified atom stereocenters. The van der Waals surface area contributed by atoms with E-state index in [0.29, 0.717) is 16.3 Å². The summed E-state index contributed by atoms with van der Waals surface area (Å²) in [7, 11) is -2.78. The third-order valence-corrected chi connectivity index (χ3v) is 8.68. The summed E-state index contributed by atoms with van der Waals surface area (Å²) in [5.74, 6) is -1.19. The number of nitrogens with one attached hydrogen (secondary N) is 2. The van der Waals surface area contributed by atoms with Crippen molar-refractivity contribution in [2.75, 3.05) is 17.3 Å². The molecule has 0 spiro atoms. The normalized spacial score (nSPS) is 14.7. The van der Waals surface area contributed by atoms with Gasteiger partial charge in [0.2, 0.25) is 5.95 Å². The number of amides is 4. The number of sulfonamides is 1. The Balaban J connectivity index is 0.000000213. The number of carbonyl (C=O) groups excluding carboxylic acids is 3. The number of benzene rings is 2. The Morgan fingerprint density at radius 1 is 1.06 bits per heavy atom. The van der Waals surface area contributed by atoms with E-state index in [-0.39, 0.29) is 50.2 Å². The van der Waals surface area contributed by atoms with Gasteiger partial charge in [-0.3, -0.25) is 10.1 Å². The Hall–Kier alpha value is -4.54. The maximum atomic E-state index is 14.3. The summed E-state index contributed by atoms with van der Waals surface area (Å²) >= 11 is 11.9. The second-order valence-electron chi connectivity index (χ2n) is 10.3. The van der Waals surface area contributed by atoms with Crippen molar-refractivity contribution < 1.29 is 41.4 Å². The first-order valence-corrected chi connectivity index (χ1v) is 16.2. The predicted molar refractivity (Wildman–Crippen MR) is 169 cm³/mol. The van der Waals surface area contributed by atoms with Crippen LogP contribution in [0.4, 0.5) is 25.6 Å². The van der Waals surface area contributed by atoms with Crippen molar-refractivity contribution in [2.24, 2.45) is 0 Å². The zero-order chi connectivity index (χ0) is 34.5. The minimum Gasteiger partial charge on any atom is -0.489 e. The monoisotopic (exact) mass is 710 g/mol. The van der Waals surface area contributed by atoms with Gasteiger partial charge in [0.15, 0.2) is 5.76 Å². The van der Waals surface area contributed by atoms with E-state index < -0.39 is 33.9 Å². The van der Waals surface area contributed by atoms with Gasteiger partial charge in [0.25, 0.3) is 10.0 Å². The lowest BCUT2D eigenvalue weighted by atomic mass is 10.2. The Morgan fingerprint density at radius 2 is 1.74 bits per heavy atom. The topological polar surface area (TPSA) is 179 Å². The summed E-state index contributed by atoms with van der Waals surface area (Å²) in [6.45, 7) is 4.83. The summed E-state index contributed by atoms with van der Waals surface area (Å²) in [6, 6.07) is 6.99. The van der Waals surface area contributed by atoms with Crippen LogP contribution in [0, 0.1) is 12.7 Å². The smallest absolute Gasteiger partial charge is 0.427 e. The summed E-state index contributed by atoms with van der Waals surface area (Å²) in [5.41, 5.74) is 0.311. The molecule has 47 heavy (non-hydrogen) atoms. The molecule has 18 heteroatoms. The number of hydrogen-bond acceptors (Lipinski definition) is 11. The van der Waals surface area contributed by atoms with Crippen LogP contribution in [0.15, 0.2) is 52.6 Å². The summed E-state index contributed by atoms with van der Waals surface area (Å²) in [5, 5.41) is 2.28. The van der Waals surface area contributed by atoms with E-state index in [0.717, 1.165) is 31.7 Å². The highest BCUT2D eigenvalue weighted by Crippen LogP contribution is 2.37. The van der Waals surface area contributed by atoms with E-state index in [9.17, 15) is 27.2 Å². The van der Waals surface area contributed by atoms with Gasteiger partial charge < -0.3 is 14.2 Å². The molecule has 1 aromatic heterocycles. The standard InChI is InChI=1S/C17H17ClFNO4.C12H12ClN5O4S/c1-9(2)15-16(21)20(17(22)24-15)13-8-14(11(18)7-12(13)19)23-10-5-3-4-6-10;1-7-14-10(17-12(15-7)22-2)16-11(19)18-23(20,21)9-6-4-3-5-8(9)13/h7-8,10H,3-6H2,1-2H3;3-6H,1-2H3,(H2,14,15,16,17,18,19). The van der Waals surface area contributed by atoms with Crippen LogP contribution in [0.25, 0.3) is 0 Å². The lowest BCUT2D eigenvalue weighted by Gasteiger charge is -2.18. The molecular weight excluding hydrogens is 682 g/mol. The number of halogens is 3. The molecule has 2 aromatic carbocycles. The maximum Gasteiger partial charge on any atom is 0.427 e. The van der Waals surface area contributed by atoms with Gasteiger partial charge in [-0.15, -0.1) is 0 Å². The number of rotatable bonds is 7. The highest BCUT2D eigenvalue weighted by molar-refractivity contribution is 7.90. The average Bonchev–Trinajstić information content (AvgIpc) is 3.61. The number of carbonyl (C=O) groups is 3. The summed E-state index contributed by atoms with van der Waals surface area (Å²) in [6.07, 6.45) is 3.00. The van der Waals surface area contributed by atoms with Crippen LogP contribution in [0.2, 0.25) is 10.0 Å². The van der Waals surface area contributed by atoms with E-state index >= 15 is 0 Å². The van der Waals surface area contributed by atoms with Gasteiger partial charge in [0, 0.05) is 6.07 Å². The van der Waals surface area contributed by atoms with Crippen molar-refractivity contribution in [3.63, 3.8) is 0 Å². The molecule has 1 saturated heterocycles. The van der Waals surface area contributed by atoms with Gasteiger partial charge in [-0.25, -0.2) is 32.0 Å². The molecule has 250 valence electrons. The molecule has 4 amide bonds. The van der Waals surface area contributed by atoms with Crippen molar-refractivity contribution in [3.05, 3.63) is 69.4 Å². The number of ether oxygens (including phenoxy) is 3. The number of urea groups is 1. The predicted octanol–water partition coefficient (Wildman–Crippen LogP) is 5.93. The van der Waals surface area contributed by atoms with Crippen LogP contribution in [0.5, 0.6) is 11.8 Å². The zero-order valence-corrected chi connectivity index (χ0v) is 27.8. The second-order valence-corrected chi connectivity index (χ2v) is 12.7. The number of hydrogen-bond donors (Lipinski definition) is 2. The van der Waals surface area contributed by atoms with Crippen molar-refractivity contribution in [2.45, 2.75) is 57.5 Å². The van der Waals surface area contributed by atoms with Crippen LogP contribution >= 0.6 is 23.2 Å². The minimum atomic E-state index is -4.13. The van der Waals surface area contributed by atoms with Crippen LogP contribution in [0.3, 0.4) is 0 Å². The first-order valence-electron chi connectivity index (χ1n) is 13.9. The molecule has 2 aliphatic rings.